The van der Waals surface area contributed by atoms with Gasteiger partial charge in [0, 0.05) is 11.3 Å². The van der Waals surface area contributed by atoms with E-state index in [9.17, 15) is 9.59 Å². The molecule has 0 saturated carbocycles. The predicted molar refractivity (Wildman–Crippen MR) is 78.3 cm³/mol. The molecule has 1 aromatic carbocycles. The van der Waals surface area contributed by atoms with Gasteiger partial charge in [-0.25, -0.2) is 0 Å². The number of hydrogen-bond acceptors (Lipinski definition) is 5. The van der Waals surface area contributed by atoms with Crippen molar-refractivity contribution < 1.29 is 23.8 Å². The summed E-state index contributed by atoms with van der Waals surface area (Å²) in [6.07, 6.45) is -0.272. The highest BCUT2D eigenvalue weighted by molar-refractivity contribution is 6.15. The van der Waals surface area contributed by atoms with Crippen LogP contribution in [0.2, 0.25) is 0 Å². The van der Waals surface area contributed by atoms with Crippen LogP contribution in [0.5, 0.6) is 0 Å². The van der Waals surface area contributed by atoms with Gasteiger partial charge in [0.25, 0.3) is 0 Å². The maximum absolute atomic E-state index is 12.2. The van der Waals surface area contributed by atoms with Gasteiger partial charge in [-0.15, -0.1) is 0 Å². The van der Waals surface area contributed by atoms with Crippen molar-refractivity contribution >= 4 is 17.6 Å². The molecule has 118 valence electrons. The van der Waals surface area contributed by atoms with E-state index >= 15 is 0 Å². The van der Waals surface area contributed by atoms with Gasteiger partial charge in [0.1, 0.15) is 0 Å². The Morgan fingerprint density at radius 3 is 2.68 bits per heavy atom. The summed E-state index contributed by atoms with van der Waals surface area (Å²) in [6, 6.07) is 5.38. The average Bonchev–Trinajstić information content (AvgIpc) is 3.00. The van der Waals surface area contributed by atoms with Crippen molar-refractivity contribution in [3.8, 4) is 0 Å². The number of rotatable bonds is 3. The highest BCUT2D eigenvalue weighted by Crippen LogP contribution is 2.39. The largest absolute Gasteiger partial charge is 0.462 e. The minimum Gasteiger partial charge on any atom is -0.462 e. The van der Waals surface area contributed by atoms with Crippen LogP contribution in [-0.2, 0) is 29.6 Å². The van der Waals surface area contributed by atoms with Crippen LogP contribution < -0.4 is 5.32 Å². The van der Waals surface area contributed by atoms with Crippen LogP contribution in [0.25, 0.3) is 0 Å². The molecule has 0 bridgehead atoms. The molecule has 2 aliphatic rings. The average molecular weight is 305 g/mol. The minimum absolute atomic E-state index is 0.272. The van der Waals surface area contributed by atoms with Gasteiger partial charge >= 0.3 is 5.97 Å². The molecule has 1 unspecified atom stereocenters. The molecule has 3 rings (SSSR count). The summed E-state index contributed by atoms with van der Waals surface area (Å²) in [6.45, 7) is 6.37. The van der Waals surface area contributed by atoms with E-state index in [2.05, 4.69) is 5.32 Å². The van der Waals surface area contributed by atoms with Crippen LogP contribution in [0.15, 0.2) is 18.2 Å². The zero-order valence-corrected chi connectivity index (χ0v) is 12.8. The number of carbonyl (C=O) groups is 2. The van der Waals surface area contributed by atoms with E-state index in [-0.39, 0.29) is 12.0 Å². The summed E-state index contributed by atoms with van der Waals surface area (Å²) < 4.78 is 16.4. The van der Waals surface area contributed by atoms with Crippen LogP contribution in [-0.4, -0.2) is 31.2 Å². The molecule has 1 fully saturated rings. The molecule has 22 heavy (non-hydrogen) atoms. The fourth-order valence-corrected chi connectivity index (χ4v) is 2.76. The molecule has 1 aromatic rings. The number of ether oxygens (including phenoxy) is 3. The molecule has 6 nitrogen and oxygen atoms in total. The Balaban J connectivity index is 1.95. The van der Waals surface area contributed by atoms with E-state index in [0.717, 1.165) is 5.56 Å². The monoisotopic (exact) mass is 305 g/mol. The second-order valence-corrected chi connectivity index (χ2v) is 5.85. The molecule has 2 heterocycles. The number of hydrogen-bond donors (Lipinski definition) is 1. The molecule has 0 aliphatic carbocycles. The maximum Gasteiger partial charge on any atom is 0.323 e. The number of anilines is 1. The number of benzene rings is 1. The highest BCUT2D eigenvalue weighted by Gasteiger charge is 2.40. The van der Waals surface area contributed by atoms with Gasteiger partial charge in [-0.05, 0) is 38.5 Å². The molecule has 0 spiro atoms. The van der Waals surface area contributed by atoms with Gasteiger partial charge in [-0.1, -0.05) is 6.07 Å². The third-order valence-corrected chi connectivity index (χ3v) is 3.83. The molecule has 6 heteroatoms. The first kappa shape index (κ1) is 15.0. The van der Waals surface area contributed by atoms with Crippen LogP contribution in [0.3, 0.4) is 0 Å². The number of carbonyl (C=O) groups excluding carboxylic acids is 2. The first-order valence-electron chi connectivity index (χ1n) is 7.34. The fourth-order valence-electron chi connectivity index (χ4n) is 2.76. The summed E-state index contributed by atoms with van der Waals surface area (Å²) in [5, 5.41) is 2.71. The molecule has 1 atom stereocenters. The smallest absolute Gasteiger partial charge is 0.323 e. The molecular formula is C16H19NO5. The molecular weight excluding hydrogens is 286 g/mol. The molecule has 0 radical (unpaired) electrons. The van der Waals surface area contributed by atoms with Gasteiger partial charge in [0.2, 0.25) is 5.91 Å². The van der Waals surface area contributed by atoms with Gasteiger partial charge in [0.15, 0.2) is 11.7 Å². The lowest BCUT2D eigenvalue weighted by Gasteiger charge is -2.23. The Kier molecular flexibility index (Phi) is 3.66. The summed E-state index contributed by atoms with van der Waals surface area (Å²) in [5.41, 5.74) is 2.01. The van der Waals surface area contributed by atoms with Crippen LogP contribution in [0.4, 0.5) is 5.69 Å². The van der Waals surface area contributed by atoms with Crippen molar-refractivity contribution in [2.45, 2.75) is 38.6 Å². The van der Waals surface area contributed by atoms with Crippen molar-refractivity contribution in [3.63, 3.8) is 0 Å². The summed E-state index contributed by atoms with van der Waals surface area (Å²) in [7, 11) is 0. The number of amides is 1. The summed E-state index contributed by atoms with van der Waals surface area (Å²) in [4.78, 5) is 24.3. The van der Waals surface area contributed by atoms with Gasteiger partial charge in [-0.2, -0.15) is 0 Å². The third kappa shape index (κ3) is 2.48. The van der Waals surface area contributed by atoms with Gasteiger partial charge in [0.05, 0.1) is 19.3 Å². The normalized spacial score (nSPS) is 22.5. The van der Waals surface area contributed by atoms with E-state index in [1.165, 1.54) is 0 Å². The zero-order chi connectivity index (χ0) is 15.9. The number of nitrogens with one attached hydrogen (secondary N) is 1. The second-order valence-electron chi connectivity index (χ2n) is 5.85. The summed E-state index contributed by atoms with van der Waals surface area (Å²) in [5.74, 6) is -2.69. The van der Waals surface area contributed by atoms with E-state index < -0.39 is 17.7 Å². The fraction of sp³-hybridized carbons (Fsp3) is 0.500. The molecule has 0 aromatic heterocycles. The van der Waals surface area contributed by atoms with Crippen molar-refractivity contribution in [1.29, 1.82) is 0 Å². The molecule has 2 aliphatic heterocycles. The first-order valence-corrected chi connectivity index (χ1v) is 7.34. The Hall–Kier alpha value is -1.92. The highest BCUT2D eigenvalue weighted by atomic mass is 16.7. The van der Waals surface area contributed by atoms with E-state index in [4.69, 9.17) is 14.2 Å². The number of fused-ring (bicyclic) bond motifs is 1. The van der Waals surface area contributed by atoms with Gasteiger partial charge in [-0.3, -0.25) is 9.59 Å². The maximum atomic E-state index is 12.2. The van der Waals surface area contributed by atoms with Crippen molar-refractivity contribution in [2.75, 3.05) is 18.5 Å². The Morgan fingerprint density at radius 2 is 2.05 bits per heavy atom. The van der Waals surface area contributed by atoms with E-state index in [1.807, 2.05) is 13.0 Å². The van der Waals surface area contributed by atoms with E-state index in [0.29, 0.717) is 24.5 Å². The third-order valence-electron chi connectivity index (χ3n) is 3.83. The van der Waals surface area contributed by atoms with Crippen molar-refractivity contribution in [2.24, 2.45) is 0 Å². The lowest BCUT2D eigenvalue weighted by molar-refractivity contribution is -0.152. The van der Waals surface area contributed by atoms with Crippen LogP contribution in [0, 0.1) is 0 Å². The van der Waals surface area contributed by atoms with Gasteiger partial charge < -0.3 is 19.5 Å². The Morgan fingerprint density at radius 1 is 1.36 bits per heavy atom. The quantitative estimate of drug-likeness (QED) is 0.682. The predicted octanol–water partition coefficient (Wildman–Crippen LogP) is 1.89. The molecule has 1 saturated heterocycles. The molecule has 1 amide bonds. The topological polar surface area (TPSA) is 73.9 Å². The lowest BCUT2D eigenvalue weighted by Crippen LogP contribution is -2.26. The molecule has 1 N–H and O–H groups in total. The summed E-state index contributed by atoms with van der Waals surface area (Å²) >= 11 is 0. The Labute approximate surface area is 128 Å². The Bertz CT molecular complexity index is 619. The SMILES string of the molecule is CC(C)OC(=O)C1C(=O)Nc2ccc(C3(C)OCCO3)cc21. The minimum atomic E-state index is -0.942. The van der Waals surface area contributed by atoms with Crippen LogP contribution in [0.1, 0.15) is 37.8 Å². The van der Waals surface area contributed by atoms with Crippen LogP contribution >= 0.6 is 0 Å². The zero-order valence-electron chi connectivity index (χ0n) is 12.8. The van der Waals surface area contributed by atoms with E-state index in [1.54, 1.807) is 26.0 Å². The lowest BCUT2D eigenvalue weighted by atomic mass is 9.96. The standard InChI is InChI=1S/C16H19NO5/c1-9(2)22-15(19)13-11-8-10(16(3)20-6-7-21-16)4-5-12(11)17-14(13)18/h4-5,8-9,13H,6-7H2,1-3H3,(H,17,18). The second kappa shape index (κ2) is 5.37. The first-order chi connectivity index (χ1) is 10.4. The van der Waals surface area contributed by atoms with Crippen molar-refractivity contribution in [3.05, 3.63) is 29.3 Å². The van der Waals surface area contributed by atoms with Crippen molar-refractivity contribution in [1.82, 2.24) is 0 Å². The number of esters is 1.